The predicted molar refractivity (Wildman–Crippen MR) is 89.5 cm³/mol. The Balaban J connectivity index is 1.83. The molecule has 0 amide bonds. The Hall–Kier alpha value is -2.88. The van der Waals surface area contributed by atoms with Gasteiger partial charge in [-0.15, -0.1) is 0 Å². The minimum atomic E-state index is 0.294. The van der Waals surface area contributed by atoms with Crippen molar-refractivity contribution >= 4 is 0 Å². The molecular formula is C19H18N2O2. The molecule has 0 aliphatic carbocycles. The third kappa shape index (κ3) is 3.66. The lowest BCUT2D eigenvalue weighted by molar-refractivity contribution is 0.327. The van der Waals surface area contributed by atoms with Crippen LogP contribution in [0.2, 0.25) is 0 Å². The molecule has 116 valence electrons. The maximum absolute atomic E-state index is 9.89. The Morgan fingerprint density at radius 2 is 1.87 bits per heavy atom. The second-order valence-corrected chi connectivity index (χ2v) is 5.14. The van der Waals surface area contributed by atoms with Crippen LogP contribution in [0.1, 0.15) is 18.2 Å². The molecular weight excluding hydrogens is 288 g/mol. The van der Waals surface area contributed by atoms with Crippen LogP contribution in [0.15, 0.2) is 60.8 Å². The largest absolute Gasteiger partial charge is 0.508 e. The summed E-state index contributed by atoms with van der Waals surface area (Å²) in [7, 11) is 0. The van der Waals surface area contributed by atoms with Crippen molar-refractivity contribution in [1.82, 2.24) is 9.97 Å². The number of phenols is 1. The Kier molecular flexibility index (Phi) is 4.52. The zero-order chi connectivity index (χ0) is 16.1. The van der Waals surface area contributed by atoms with Crippen molar-refractivity contribution in [2.24, 2.45) is 0 Å². The Morgan fingerprint density at radius 3 is 2.61 bits per heavy atom. The van der Waals surface area contributed by atoms with E-state index in [9.17, 15) is 5.11 Å². The molecule has 3 aromatic rings. The molecule has 0 spiro atoms. The van der Waals surface area contributed by atoms with Gasteiger partial charge in [0.05, 0.1) is 12.3 Å². The molecule has 0 fully saturated rings. The zero-order valence-electron chi connectivity index (χ0n) is 12.9. The second kappa shape index (κ2) is 6.92. The molecule has 4 heteroatoms. The molecule has 2 heterocycles. The first kappa shape index (κ1) is 15.0. The highest BCUT2D eigenvalue weighted by Gasteiger charge is 2.06. The van der Waals surface area contributed by atoms with Gasteiger partial charge in [-0.2, -0.15) is 0 Å². The van der Waals surface area contributed by atoms with Crippen molar-refractivity contribution in [3.63, 3.8) is 0 Å². The first-order chi connectivity index (χ1) is 11.3. The number of rotatable bonds is 5. The molecule has 23 heavy (non-hydrogen) atoms. The zero-order valence-corrected chi connectivity index (χ0v) is 12.9. The van der Waals surface area contributed by atoms with Gasteiger partial charge in [-0.1, -0.05) is 24.3 Å². The summed E-state index contributed by atoms with van der Waals surface area (Å²) in [6.45, 7) is 2.53. The van der Waals surface area contributed by atoms with E-state index in [-0.39, 0.29) is 0 Å². The summed E-state index contributed by atoms with van der Waals surface area (Å²) in [5.41, 5.74) is 3.56. The maximum Gasteiger partial charge on any atom is 0.213 e. The number of nitrogens with zero attached hydrogens (tertiary/aromatic N) is 2. The highest BCUT2D eigenvalue weighted by molar-refractivity contribution is 5.58. The van der Waals surface area contributed by atoms with Crippen LogP contribution in [0.4, 0.5) is 0 Å². The molecule has 0 bridgehead atoms. The number of aromatic hydroxyl groups is 1. The van der Waals surface area contributed by atoms with Gasteiger partial charge in [-0.05, 0) is 36.8 Å². The molecule has 1 N–H and O–H groups in total. The molecule has 0 radical (unpaired) electrons. The maximum atomic E-state index is 9.89. The van der Waals surface area contributed by atoms with Gasteiger partial charge in [0.25, 0.3) is 0 Å². The lowest BCUT2D eigenvalue weighted by Crippen LogP contribution is -1.96. The van der Waals surface area contributed by atoms with E-state index in [4.69, 9.17) is 4.74 Å². The Bertz CT molecular complexity index is 785. The van der Waals surface area contributed by atoms with Gasteiger partial charge in [-0.3, -0.25) is 4.98 Å². The van der Waals surface area contributed by atoms with E-state index < -0.39 is 0 Å². The molecule has 0 aliphatic rings. The average Bonchev–Trinajstić information content (AvgIpc) is 2.58. The normalized spacial score (nSPS) is 10.5. The summed E-state index contributed by atoms with van der Waals surface area (Å²) in [5, 5.41) is 9.89. The third-order valence-corrected chi connectivity index (χ3v) is 3.49. The van der Waals surface area contributed by atoms with Gasteiger partial charge >= 0.3 is 0 Å². The van der Waals surface area contributed by atoms with Crippen molar-refractivity contribution in [2.75, 3.05) is 6.61 Å². The first-order valence-corrected chi connectivity index (χ1v) is 7.58. The standard InChI is InChI=1S/C19H18N2O2/c1-2-23-19-11-10-15(13-20-19)17-8-5-7-16(21-17)12-14-6-3-4-9-18(14)22/h3-11,13,22H,2,12H2,1H3. The number of pyridine rings is 2. The highest BCUT2D eigenvalue weighted by Crippen LogP contribution is 2.22. The topological polar surface area (TPSA) is 55.2 Å². The summed E-state index contributed by atoms with van der Waals surface area (Å²) in [5.74, 6) is 0.907. The summed E-state index contributed by atoms with van der Waals surface area (Å²) in [6, 6.07) is 17.0. The van der Waals surface area contributed by atoms with E-state index in [0.29, 0.717) is 24.7 Å². The van der Waals surface area contributed by atoms with E-state index in [2.05, 4.69) is 9.97 Å². The average molecular weight is 306 g/mol. The first-order valence-electron chi connectivity index (χ1n) is 7.58. The van der Waals surface area contributed by atoms with Crippen molar-refractivity contribution in [2.45, 2.75) is 13.3 Å². The Morgan fingerprint density at radius 1 is 1.00 bits per heavy atom. The van der Waals surface area contributed by atoms with E-state index in [1.165, 1.54) is 0 Å². The molecule has 0 atom stereocenters. The fourth-order valence-electron chi connectivity index (χ4n) is 2.36. The van der Waals surface area contributed by atoms with Gasteiger partial charge in [0.2, 0.25) is 5.88 Å². The monoisotopic (exact) mass is 306 g/mol. The van der Waals surface area contributed by atoms with Crippen molar-refractivity contribution < 1.29 is 9.84 Å². The van der Waals surface area contributed by atoms with Crippen molar-refractivity contribution in [1.29, 1.82) is 0 Å². The molecule has 1 aromatic carbocycles. The van der Waals surface area contributed by atoms with Gasteiger partial charge < -0.3 is 9.84 Å². The summed E-state index contributed by atoms with van der Waals surface area (Å²) < 4.78 is 5.35. The minimum absolute atomic E-state index is 0.294. The highest BCUT2D eigenvalue weighted by atomic mass is 16.5. The van der Waals surface area contributed by atoms with Gasteiger partial charge in [0, 0.05) is 29.9 Å². The van der Waals surface area contributed by atoms with Gasteiger partial charge in [0.15, 0.2) is 0 Å². The molecule has 0 aliphatic heterocycles. The minimum Gasteiger partial charge on any atom is -0.508 e. The van der Waals surface area contributed by atoms with Gasteiger partial charge in [0.1, 0.15) is 5.75 Å². The molecule has 2 aromatic heterocycles. The smallest absolute Gasteiger partial charge is 0.213 e. The number of benzene rings is 1. The van der Waals surface area contributed by atoms with E-state index in [1.54, 1.807) is 12.3 Å². The summed E-state index contributed by atoms with van der Waals surface area (Å²) in [4.78, 5) is 8.93. The lowest BCUT2D eigenvalue weighted by atomic mass is 10.1. The van der Waals surface area contributed by atoms with Crippen LogP contribution >= 0.6 is 0 Å². The molecule has 0 saturated carbocycles. The molecule has 3 rings (SSSR count). The van der Waals surface area contributed by atoms with Crippen LogP contribution in [0.3, 0.4) is 0 Å². The number of para-hydroxylation sites is 1. The van der Waals surface area contributed by atoms with E-state index in [1.807, 2.05) is 55.5 Å². The number of phenolic OH excluding ortho intramolecular Hbond substituents is 1. The van der Waals surface area contributed by atoms with E-state index in [0.717, 1.165) is 22.5 Å². The van der Waals surface area contributed by atoms with Crippen LogP contribution in [0.25, 0.3) is 11.3 Å². The number of hydrogen-bond acceptors (Lipinski definition) is 4. The van der Waals surface area contributed by atoms with E-state index >= 15 is 0 Å². The van der Waals surface area contributed by atoms with Crippen LogP contribution in [-0.2, 0) is 6.42 Å². The second-order valence-electron chi connectivity index (χ2n) is 5.14. The van der Waals surface area contributed by atoms with Crippen molar-refractivity contribution in [3.8, 4) is 22.9 Å². The SMILES string of the molecule is CCOc1ccc(-c2cccc(Cc3ccccc3O)n2)cn1. The van der Waals surface area contributed by atoms with Gasteiger partial charge in [-0.25, -0.2) is 4.98 Å². The fraction of sp³-hybridized carbons (Fsp3) is 0.158. The number of hydrogen-bond donors (Lipinski definition) is 1. The third-order valence-electron chi connectivity index (χ3n) is 3.49. The Labute approximate surface area is 135 Å². The molecule has 0 saturated heterocycles. The predicted octanol–water partition coefficient (Wildman–Crippen LogP) is 3.84. The number of aromatic nitrogens is 2. The quantitative estimate of drug-likeness (QED) is 0.778. The van der Waals surface area contributed by atoms with Crippen LogP contribution in [0, 0.1) is 0 Å². The fourth-order valence-corrected chi connectivity index (χ4v) is 2.36. The van der Waals surface area contributed by atoms with Crippen molar-refractivity contribution in [3.05, 3.63) is 72.1 Å². The van der Waals surface area contributed by atoms with Crippen LogP contribution in [-0.4, -0.2) is 21.7 Å². The van der Waals surface area contributed by atoms with Crippen LogP contribution < -0.4 is 4.74 Å². The summed E-state index contributed by atoms with van der Waals surface area (Å²) in [6.07, 6.45) is 2.35. The van der Waals surface area contributed by atoms with Crippen LogP contribution in [0.5, 0.6) is 11.6 Å². The lowest BCUT2D eigenvalue weighted by Gasteiger charge is -2.07. The molecule has 0 unspecified atom stereocenters. The number of ether oxygens (including phenoxy) is 1. The summed E-state index contributed by atoms with van der Waals surface area (Å²) >= 11 is 0. The molecule has 4 nitrogen and oxygen atoms in total.